The predicted molar refractivity (Wildman–Crippen MR) is 39.3 cm³/mol. The second-order valence-electron chi connectivity index (χ2n) is 1.96. The number of rotatable bonds is 0. The highest BCUT2D eigenvalue weighted by Crippen LogP contribution is 2.30. The van der Waals surface area contributed by atoms with E-state index in [1.165, 1.54) is 19.3 Å². The fraction of sp³-hybridized carbons (Fsp3) is 1.00. The molecule has 0 nitrogen and oxygen atoms in total. The van der Waals surface area contributed by atoms with Crippen LogP contribution in [0.3, 0.4) is 0 Å². The van der Waals surface area contributed by atoms with Crippen molar-refractivity contribution in [3.63, 3.8) is 0 Å². The van der Waals surface area contributed by atoms with Crippen LogP contribution in [0.1, 0.15) is 19.3 Å². The van der Waals surface area contributed by atoms with Crippen molar-refractivity contribution in [1.29, 1.82) is 0 Å². The van der Waals surface area contributed by atoms with Crippen LogP contribution in [0.5, 0.6) is 0 Å². The summed E-state index contributed by atoms with van der Waals surface area (Å²) in [6, 6.07) is 0. The zero-order valence-corrected chi connectivity index (χ0v) is 7.20. The molecule has 7 heavy (non-hydrogen) atoms. The largest absolute Gasteiger partial charge is 0.0879 e. The van der Waals surface area contributed by atoms with Crippen LogP contribution in [0.2, 0.25) is 0 Å². The number of halogens is 2. The topological polar surface area (TPSA) is 0 Å². The summed E-state index contributed by atoms with van der Waals surface area (Å²) in [5.74, 6) is 0. The summed E-state index contributed by atoms with van der Waals surface area (Å²) in [6.45, 7) is 0. The Morgan fingerprint density at radius 3 is 1.57 bits per heavy atom. The highest BCUT2D eigenvalue weighted by Gasteiger charge is 2.21. The Kier molecular flexibility index (Phi) is 2.17. The summed E-state index contributed by atoms with van der Waals surface area (Å²) in [4.78, 5) is 1.49. The van der Waals surface area contributed by atoms with Crippen molar-refractivity contribution < 1.29 is 0 Å². The van der Waals surface area contributed by atoms with E-state index in [1.54, 1.807) is 0 Å². The molecule has 1 aliphatic rings. The summed E-state index contributed by atoms with van der Waals surface area (Å²) < 4.78 is 0. The molecule has 1 saturated carbocycles. The molecule has 0 N–H and O–H groups in total. The third-order valence-corrected chi connectivity index (χ3v) is 4.25. The third-order valence-electron chi connectivity index (χ3n) is 1.35. The third kappa shape index (κ3) is 1.43. The van der Waals surface area contributed by atoms with E-state index < -0.39 is 0 Å². The molecule has 1 fully saturated rings. The van der Waals surface area contributed by atoms with Gasteiger partial charge in [-0.25, -0.2) is 0 Å². The summed E-state index contributed by atoms with van der Waals surface area (Å²) in [5.41, 5.74) is 0. The lowest BCUT2D eigenvalue weighted by Crippen LogP contribution is -2.02. The van der Waals surface area contributed by atoms with Gasteiger partial charge in [-0.15, -0.1) is 0 Å². The van der Waals surface area contributed by atoms with E-state index in [4.69, 9.17) is 0 Å². The van der Waals surface area contributed by atoms with Crippen LogP contribution in [0, 0.1) is 0 Å². The van der Waals surface area contributed by atoms with Crippen LogP contribution >= 0.6 is 31.9 Å². The summed E-state index contributed by atoms with van der Waals surface area (Å²) >= 11 is 7.11. The molecule has 0 aromatic rings. The highest BCUT2D eigenvalue weighted by molar-refractivity contribution is 9.12. The second-order valence-corrected chi connectivity index (χ2v) is 4.32. The van der Waals surface area contributed by atoms with Crippen LogP contribution < -0.4 is 0 Å². The fourth-order valence-electron chi connectivity index (χ4n) is 0.870. The zero-order chi connectivity index (χ0) is 5.28. The summed E-state index contributed by atoms with van der Waals surface area (Å²) in [7, 11) is 0. The van der Waals surface area contributed by atoms with Gasteiger partial charge in [0.2, 0.25) is 0 Å². The normalized spacial score (nSPS) is 42.0. The first kappa shape index (κ1) is 6.09. The van der Waals surface area contributed by atoms with E-state index in [0.29, 0.717) is 0 Å². The zero-order valence-electron chi connectivity index (χ0n) is 4.03. The Bertz CT molecular complexity index is 55.1. The van der Waals surface area contributed by atoms with Gasteiger partial charge in [0.05, 0.1) is 0 Å². The minimum Gasteiger partial charge on any atom is -0.0879 e. The first-order valence-electron chi connectivity index (χ1n) is 2.59. The molecule has 0 aromatic carbocycles. The molecule has 0 spiro atoms. The van der Waals surface area contributed by atoms with Gasteiger partial charge in [0.1, 0.15) is 0 Å². The van der Waals surface area contributed by atoms with Crippen molar-refractivity contribution in [2.45, 2.75) is 28.9 Å². The van der Waals surface area contributed by atoms with Crippen molar-refractivity contribution in [1.82, 2.24) is 0 Å². The van der Waals surface area contributed by atoms with Crippen LogP contribution in [0.4, 0.5) is 0 Å². The first-order valence-corrected chi connectivity index (χ1v) is 4.42. The van der Waals surface area contributed by atoms with E-state index in [9.17, 15) is 0 Å². The van der Waals surface area contributed by atoms with Gasteiger partial charge >= 0.3 is 0 Å². The Morgan fingerprint density at radius 1 is 1.00 bits per heavy atom. The number of alkyl halides is 2. The maximum atomic E-state index is 3.56. The molecule has 0 radical (unpaired) electrons. The maximum Gasteiger partial charge on any atom is 0.0271 e. The Morgan fingerprint density at radius 2 is 1.43 bits per heavy atom. The molecule has 2 atom stereocenters. The second kappa shape index (κ2) is 2.49. The first-order chi connectivity index (χ1) is 3.30. The highest BCUT2D eigenvalue weighted by atomic mass is 79.9. The Labute approximate surface area is 60.9 Å². The SMILES string of the molecule is BrC1CCCC1Br. The standard InChI is InChI=1S/C5H8Br2/c6-4-2-1-3-5(4)7/h4-5H,1-3H2. The predicted octanol–water partition coefficient (Wildman–Crippen LogP) is 2.70. The van der Waals surface area contributed by atoms with Gasteiger partial charge in [-0.2, -0.15) is 0 Å². The van der Waals surface area contributed by atoms with Crippen molar-refractivity contribution in [3.8, 4) is 0 Å². The Balaban J connectivity index is 2.33. The van der Waals surface area contributed by atoms with Crippen molar-refractivity contribution in [2.75, 3.05) is 0 Å². The molecule has 42 valence electrons. The van der Waals surface area contributed by atoms with Gasteiger partial charge in [-0.3, -0.25) is 0 Å². The smallest absolute Gasteiger partial charge is 0.0271 e. The van der Waals surface area contributed by atoms with Gasteiger partial charge in [-0.1, -0.05) is 38.3 Å². The molecular weight excluding hydrogens is 220 g/mol. The van der Waals surface area contributed by atoms with E-state index >= 15 is 0 Å². The molecule has 2 unspecified atom stereocenters. The van der Waals surface area contributed by atoms with E-state index in [2.05, 4.69) is 31.9 Å². The van der Waals surface area contributed by atoms with E-state index in [0.717, 1.165) is 9.65 Å². The quantitative estimate of drug-likeness (QED) is 0.559. The number of hydrogen-bond donors (Lipinski definition) is 0. The van der Waals surface area contributed by atoms with Gasteiger partial charge in [0, 0.05) is 9.65 Å². The molecule has 0 saturated heterocycles. The lowest BCUT2D eigenvalue weighted by molar-refractivity contribution is 0.893. The molecule has 0 bridgehead atoms. The van der Waals surface area contributed by atoms with Gasteiger partial charge in [0.15, 0.2) is 0 Å². The average molecular weight is 228 g/mol. The average Bonchev–Trinajstić information content (AvgIpc) is 1.91. The molecule has 0 aromatic heterocycles. The molecule has 1 aliphatic carbocycles. The van der Waals surface area contributed by atoms with Crippen molar-refractivity contribution in [3.05, 3.63) is 0 Å². The molecular formula is C5H8Br2. The van der Waals surface area contributed by atoms with Crippen LogP contribution in [0.15, 0.2) is 0 Å². The number of hydrogen-bond acceptors (Lipinski definition) is 0. The maximum absolute atomic E-state index is 3.56. The minimum absolute atomic E-state index is 0.743. The lowest BCUT2D eigenvalue weighted by Gasteiger charge is -2.00. The van der Waals surface area contributed by atoms with Crippen LogP contribution in [-0.2, 0) is 0 Å². The van der Waals surface area contributed by atoms with Crippen molar-refractivity contribution >= 4 is 31.9 Å². The van der Waals surface area contributed by atoms with E-state index in [-0.39, 0.29) is 0 Å². The Hall–Kier alpha value is 0.960. The lowest BCUT2D eigenvalue weighted by atomic mass is 10.4. The molecule has 2 heteroatoms. The van der Waals surface area contributed by atoms with Crippen LogP contribution in [0.25, 0.3) is 0 Å². The molecule has 0 heterocycles. The van der Waals surface area contributed by atoms with Gasteiger partial charge in [-0.05, 0) is 12.8 Å². The molecule has 0 aliphatic heterocycles. The summed E-state index contributed by atoms with van der Waals surface area (Å²) in [6.07, 6.45) is 4.07. The molecule has 0 amide bonds. The van der Waals surface area contributed by atoms with Crippen molar-refractivity contribution in [2.24, 2.45) is 0 Å². The fourth-order valence-corrected chi connectivity index (χ4v) is 2.05. The summed E-state index contributed by atoms with van der Waals surface area (Å²) in [5, 5.41) is 0. The monoisotopic (exact) mass is 226 g/mol. The minimum atomic E-state index is 0.743. The van der Waals surface area contributed by atoms with E-state index in [1.807, 2.05) is 0 Å². The van der Waals surface area contributed by atoms with Crippen LogP contribution in [-0.4, -0.2) is 9.65 Å². The van der Waals surface area contributed by atoms with Gasteiger partial charge < -0.3 is 0 Å². The van der Waals surface area contributed by atoms with Gasteiger partial charge in [0.25, 0.3) is 0 Å². The molecule has 1 rings (SSSR count).